The molecule has 5 nitrogen and oxygen atoms in total. The maximum Gasteiger partial charge on any atom is 0.260 e. The molecule has 0 saturated heterocycles. The molecule has 1 N–H and O–H groups in total. The normalized spacial score (nSPS) is 10.5. The second-order valence-corrected chi connectivity index (χ2v) is 4.25. The van der Waals surface area contributed by atoms with Crippen LogP contribution in [0.5, 0.6) is 5.75 Å². The summed E-state index contributed by atoms with van der Waals surface area (Å²) in [5.41, 5.74) is -0.320. The Morgan fingerprint density at radius 3 is 2.84 bits per heavy atom. The summed E-state index contributed by atoms with van der Waals surface area (Å²) >= 11 is 0. The lowest BCUT2D eigenvalue weighted by atomic mass is 10.1. The number of aryl methyl sites for hydroxylation is 1. The van der Waals surface area contributed by atoms with Crippen molar-refractivity contribution in [2.75, 3.05) is 7.05 Å². The number of nitrogens with zero attached hydrogens (tertiary/aromatic N) is 3. The summed E-state index contributed by atoms with van der Waals surface area (Å²) in [6.07, 6.45) is 3.38. The van der Waals surface area contributed by atoms with Crippen molar-refractivity contribution in [3.05, 3.63) is 47.8 Å². The van der Waals surface area contributed by atoms with Gasteiger partial charge < -0.3 is 14.6 Å². The molecule has 100 valence electrons. The number of aromatic hydroxyl groups is 1. The van der Waals surface area contributed by atoms with Gasteiger partial charge in [0.15, 0.2) is 0 Å². The third kappa shape index (κ3) is 2.57. The summed E-state index contributed by atoms with van der Waals surface area (Å²) in [7, 11) is 3.34. The van der Waals surface area contributed by atoms with E-state index in [0.29, 0.717) is 5.82 Å². The van der Waals surface area contributed by atoms with Crippen molar-refractivity contribution in [3.8, 4) is 5.75 Å². The predicted molar refractivity (Wildman–Crippen MR) is 67.1 cm³/mol. The minimum absolute atomic E-state index is 0.232. The number of hydrogen-bond acceptors (Lipinski definition) is 3. The molecule has 0 aliphatic rings. The molecule has 2 rings (SSSR count). The van der Waals surface area contributed by atoms with Gasteiger partial charge in [-0.15, -0.1) is 0 Å². The van der Waals surface area contributed by atoms with E-state index in [-0.39, 0.29) is 17.9 Å². The lowest BCUT2D eigenvalue weighted by Crippen LogP contribution is -2.28. The first-order valence-corrected chi connectivity index (χ1v) is 5.70. The van der Waals surface area contributed by atoms with Crippen molar-refractivity contribution in [1.82, 2.24) is 14.5 Å². The van der Waals surface area contributed by atoms with Crippen LogP contribution in [0.25, 0.3) is 0 Å². The van der Waals surface area contributed by atoms with E-state index in [4.69, 9.17) is 0 Å². The smallest absolute Gasteiger partial charge is 0.260 e. The Morgan fingerprint density at radius 2 is 2.26 bits per heavy atom. The molecule has 0 atom stereocenters. The van der Waals surface area contributed by atoms with E-state index in [1.165, 1.54) is 24.1 Å². The second-order valence-electron chi connectivity index (χ2n) is 4.25. The monoisotopic (exact) mass is 263 g/mol. The van der Waals surface area contributed by atoms with E-state index in [1.54, 1.807) is 24.0 Å². The molecule has 0 radical (unpaired) electrons. The molecule has 19 heavy (non-hydrogen) atoms. The highest BCUT2D eigenvalue weighted by Crippen LogP contribution is 2.21. The molecule has 1 heterocycles. The molecular formula is C13H14FN3O2. The maximum absolute atomic E-state index is 13.6. The first-order valence-electron chi connectivity index (χ1n) is 5.70. The lowest BCUT2D eigenvalue weighted by molar-refractivity contribution is 0.0772. The van der Waals surface area contributed by atoms with Gasteiger partial charge in [0.1, 0.15) is 23.0 Å². The van der Waals surface area contributed by atoms with Crippen molar-refractivity contribution in [2.24, 2.45) is 7.05 Å². The maximum atomic E-state index is 13.6. The largest absolute Gasteiger partial charge is 0.507 e. The van der Waals surface area contributed by atoms with Gasteiger partial charge >= 0.3 is 0 Å². The van der Waals surface area contributed by atoms with Crippen molar-refractivity contribution in [2.45, 2.75) is 6.54 Å². The highest BCUT2D eigenvalue weighted by atomic mass is 19.1. The quantitative estimate of drug-likeness (QED) is 0.913. The van der Waals surface area contributed by atoms with E-state index in [0.717, 1.165) is 6.07 Å². The molecule has 0 fully saturated rings. The molecule has 1 aromatic carbocycles. The Morgan fingerprint density at radius 1 is 1.53 bits per heavy atom. The molecule has 6 heteroatoms. The van der Waals surface area contributed by atoms with Gasteiger partial charge in [0.25, 0.3) is 5.91 Å². The Labute approximate surface area is 109 Å². The minimum atomic E-state index is -0.739. The van der Waals surface area contributed by atoms with Crippen LogP contribution in [0.1, 0.15) is 16.2 Å². The molecule has 0 aliphatic carbocycles. The number of phenols is 1. The first-order chi connectivity index (χ1) is 9.00. The van der Waals surface area contributed by atoms with Crippen LogP contribution >= 0.6 is 0 Å². The van der Waals surface area contributed by atoms with Crippen LogP contribution in [0.4, 0.5) is 4.39 Å². The fourth-order valence-corrected chi connectivity index (χ4v) is 1.75. The number of carbonyl (C=O) groups excluding carboxylic acids is 1. The van der Waals surface area contributed by atoms with E-state index in [9.17, 15) is 14.3 Å². The van der Waals surface area contributed by atoms with E-state index in [2.05, 4.69) is 4.98 Å². The summed E-state index contributed by atoms with van der Waals surface area (Å²) in [6, 6.07) is 3.77. The SMILES string of the molecule is CN(Cc1nccn1C)C(=O)c1c(O)cccc1F. The Kier molecular flexibility index (Phi) is 3.50. The van der Waals surface area contributed by atoms with Crippen molar-refractivity contribution in [1.29, 1.82) is 0 Å². The number of aromatic nitrogens is 2. The van der Waals surface area contributed by atoms with Crippen LogP contribution < -0.4 is 0 Å². The molecule has 0 saturated carbocycles. The summed E-state index contributed by atoms with van der Waals surface area (Å²) in [4.78, 5) is 17.5. The zero-order valence-electron chi connectivity index (χ0n) is 10.7. The van der Waals surface area contributed by atoms with Crippen molar-refractivity contribution >= 4 is 5.91 Å². The van der Waals surface area contributed by atoms with Crippen LogP contribution in [0.15, 0.2) is 30.6 Å². The van der Waals surface area contributed by atoms with Crippen molar-refractivity contribution < 1.29 is 14.3 Å². The van der Waals surface area contributed by atoms with Gasteiger partial charge in [0.05, 0.1) is 6.54 Å². The summed E-state index contributed by atoms with van der Waals surface area (Å²) in [6.45, 7) is 0.232. The summed E-state index contributed by atoms with van der Waals surface area (Å²) < 4.78 is 15.4. The molecule has 1 amide bonds. The van der Waals surface area contributed by atoms with Crippen LogP contribution in [0.2, 0.25) is 0 Å². The van der Waals surface area contributed by atoms with Crippen molar-refractivity contribution in [3.63, 3.8) is 0 Å². The van der Waals surface area contributed by atoms with Gasteiger partial charge in [-0.2, -0.15) is 0 Å². The number of phenolic OH excluding ortho intramolecular Hbond substituents is 1. The van der Waals surface area contributed by atoms with Gasteiger partial charge in [-0.05, 0) is 12.1 Å². The third-order valence-corrected chi connectivity index (χ3v) is 2.85. The fourth-order valence-electron chi connectivity index (χ4n) is 1.75. The number of halogens is 1. The van der Waals surface area contributed by atoms with Crippen LogP contribution in [0, 0.1) is 5.82 Å². The standard InChI is InChI=1S/C13H14FN3O2/c1-16-7-6-15-11(16)8-17(2)13(19)12-9(14)4-3-5-10(12)18/h3-7,18H,8H2,1-2H3. The molecular weight excluding hydrogens is 249 g/mol. The average molecular weight is 263 g/mol. The molecule has 0 unspecified atom stereocenters. The zero-order valence-corrected chi connectivity index (χ0v) is 10.7. The molecule has 2 aromatic rings. The minimum Gasteiger partial charge on any atom is -0.507 e. The number of carbonyl (C=O) groups is 1. The molecule has 0 bridgehead atoms. The van der Waals surface area contributed by atoms with Gasteiger partial charge in [0, 0.05) is 26.5 Å². The number of imidazole rings is 1. The van der Waals surface area contributed by atoms with Gasteiger partial charge in [-0.1, -0.05) is 6.07 Å². The Hall–Kier alpha value is -2.37. The van der Waals surface area contributed by atoms with Crippen LogP contribution in [-0.4, -0.2) is 32.5 Å². The number of benzene rings is 1. The predicted octanol–water partition coefficient (Wildman–Crippen LogP) is 1.54. The van der Waals surface area contributed by atoms with E-state index in [1.807, 2.05) is 0 Å². The van der Waals surface area contributed by atoms with Gasteiger partial charge in [-0.3, -0.25) is 4.79 Å². The Bertz CT molecular complexity index is 589. The van der Waals surface area contributed by atoms with E-state index >= 15 is 0 Å². The highest BCUT2D eigenvalue weighted by Gasteiger charge is 2.21. The Balaban J connectivity index is 2.22. The van der Waals surface area contributed by atoms with Crippen LogP contribution in [-0.2, 0) is 13.6 Å². The zero-order chi connectivity index (χ0) is 14.0. The molecule has 0 spiro atoms. The van der Waals surface area contributed by atoms with Gasteiger partial charge in [0.2, 0.25) is 0 Å². The molecule has 0 aliphatic heterocycles. The number of hydrogen-bond donors (Lipinski definition) is 1. The topological polar surface area (TPSA) is 58.4 Å². The summed E-state index contributed by atoms with van der Waals surface area (Å²) in [5, 5.41) is 9.58. The average Bonchev–Trinajstić information content (AvgIpc) is 2.74. The first kappa shape index (κ1) is 13.1. The van der Waals surface area contributed by atoms with E-state index < -0.39 is 11.7 Å². The number of rotatable bonds is 3. The highest BCUT2D eigenvalue weighted by molar-refractivity contribution is 5.96. The molecule has 1 aromatic heterocycles. The lowest BCUT2D eigenvalue weighted by Gasteiger charge is -2.17. The number of amides is 1. The van der Waals surface area contributed by atoms with Crippen LogP contribution in [0.3, 0.4) is 0 Å². The summed E-state index contributed by atoms with van der Waals surface area (Å²) in [5.74, 6) is -1.02. The fraction of sp³-hybridized carbons (Fsp3) is 0.231. The third-order valence-electron chi connectivity index (χ3n) is 2.85. The van der Waals surface area contributed by atoms with Gasteiger partial charge in [-0.25, -0.2) is 9.37 Å². The second kappa shape index (κ2) is 5.09.